The molecule has 2 aromatic carbocycles. The lowest BCUT2D eigenvalue weighted by Crippen LogP contribution is -2.43. The maximum Gasteiger partial charge on any atom is 0.243 e. The van der Waals surface area contributed by atoms with Gasteiger partial charge < -0.3 is 9.64 Å². The molecule has 0 atom stereocenters. The van der Waals surface area contributed by atoms with Gasteiger partial charge in [0.2, 0.25) is 15.9 Å². The molecule has 8 heteroatoms. The molecule has 0 radical (unpaired) electrons. The third-order valence-corrected chi connectivity index (χ3v) is 8.04. The first-order valence-corrected chi connectivity index (χ1v) is 12.2. The van der Waals surface area contributed by atoms with Crippen molar-refractivity contribution in [2.75, 3.05) is 31.6 Å². The molecule has 1 aliphatic heterocycles. The van der Waals surface area contributed by atoms with E-state index >= 15 is 0 Å². The Labute approximate surface area is 189 Å². The van der Waals surface area contributed by atoms with Crippen LogP contribution in [-0.4, -0.2) is 45.4 Å². The third-order valence-electron chi connectivity index (χ3n) is 5.85. The van der Waals surface area contributed by atoms with Gasteiger partial charge in [0.25, 0.3) is 0 Å². The zero-order chi connectivity index (χ0) is 22.8. The van der Waals surface area contributed by atoms with Gasteiger partial charge in [-0.05, 0) is 75.1 Å². The molecule has 31 heavy (non-hydrogen) atoms. The highest BCUT2D eigenvalue weighted by Gasteiger charge is 2.33. The van der Waals surface area contributed by atoms with E-state index < -0.39 is 10.0 Å². The van der Waals surface area contributed by atoms with Crippen molar-refractivity contribution in [1.82, 2.24) is 4.31 Å². The number of piperidine rings is 1. The SMILES string of the molecule is CCOc1ccc(S(=O)(=O)N2CCC(C(=O)N(C)c3ccc(C)c(C)c3)CC2)cc1Cl. The molecule has 1 fully saturated rings. The minimum absolute atomic E-state index is 0.0180. The van der Waals surface area contributed by atoms with Gasteiger partial charge in [-0.2, -0.15) is 4.31 Å². The van der Waals surface area contributed by atoms with Gasteiger partial charge in [-0.15, -0.1) is 0 Å². The van der Waals surface area contributed by atoms with Crippen molar-refractivity contribution in [3.05, 3.63) is 52.5 Å². The summed E-state index contributed by atoms with van der Waals surface area (Å²) in [5, 5.41) is 0.267. The number of benzene rings is 2. The number of sulfonamides is 1. The molecule has 1 aliphatic rings. The van der Waals surface area contributed by atoms with E-state index in [4.69, 9.17) is 16.3 Å². The first-order valence-electron chi connectivity index (χ1n) is 10.4. The number of carbonyl (C=O) groups is 1. The lowest BCUT2D eigenvalue weighted by Gasteiger charge is -2.32. The summed E-state index contributed by atoms with van der Waals surface area (Å²) < 4.78 is 32.9. The molecule has 3 rings (SSSR count). The summed E-state index contributed by atoms with van der Waals surface area (Å²) in [4.78, 5) is 14.8. The molecule has 6 nitrogen and oxygen atoms in total. The molecular weight excluding hydrogens is 436 g/mol. The molecule has 1 saturated heterocycles. The summed E-state index contributed by atoms with van der Waals surface area (Å²) in [6.45, 7) is 6.94. The van der Waals surface area contributed by atoms with Crippen molar-refractivity contribution in [3.63, 3.8) is 0 Å². The van der Waals surface area contributed by atoms with Crippen LogP contribution in [0.2, 0.25) is 5.02 Å². The van der Waals surface area contributed by atoms with Gasteiger partial charge >= 0.3 is 0 Å². The highest BCUT2D eigenvalue weighted by atomic mass is 35.5. The summed E-state index contributed by atoms with van der Waals surface area (Å²) >= 11 is 6.17. The minimum atomic E-state index is -3.68. The predicted molar refractivity (Wildman–Crippen MR) is 123 cm³/mol. The number of nitrogens with zero attached hydrogens (tertiary/aromatic N) is 2. The Kier molecular flexibility index (Phi) is 7.29. The van der Waals surface area contributed by atoms with E-state index in [1.165, 1.54) is 22.0 Å². The Morgan fingerprint density at radius 1 is 1.13 bits per heavy atom. The molecule has 0 unspecified atom stereocenters. The third kappa shape index (κ3) is 5.05. The van der Waals surface area contributed by atoms with Crippen LogP contribution in [0.3, 0.4) is 0 Å². The quantitative estimate of drug-likeness (QED) is 0.634. The molecule has 0 N–H and O–H groups in total. The average molecular weight is 465 g/mol. The highest BCUT2D eigenvalue weighted by molar-refractivity contribution is 7.89. The molecule has 2 aromatic rings. The molecule has 0 spiro atoms. The summed E-state index contributed by atoms with van der Waals surface area (Å²) in [5.74, 6) is 0.271. The largest absolute Gasteiger partial charge is 0.492 e. The molecule has 1 heterocycles. The van der Waals surface area contributed by atoms with E-state index in [9.17, 15) is 13.2 Å². The van der Waals surface area contributed by atoms with Crippen LogP contribution >= 0.6 is 11.6 Å². The van der Waals surface area contributed by atoms with E-state index in [1.54, 1.807) is 18.0 Å². The predicted octanol–water partition coefficient (Wildman–Crippen LogP) is 4.42. The smallest absolute Gasteiger partial charge is 0.243 e. The van der Waals surface area contributed by atoms with E-state index in [-0.39, 0.29) is 21.7 Å². The number of anilines is 1. The molecule has 168 valence electrons. The number of rotatable bonds is 6. The Bertz CT molecular complexity index is 1060. The van der Waals surface area contributed by atoms with E-state index in [0.717, 1.165) is 11.3 Å². The number of carbonyl (C=O) groups excluding carboxylic acids is 1. The van der Waals surface area contributed by atoms with Crippen molar-refractivity contribution < 1.29 is 17.9 Å². The number of ether oxygens (including phenoxy) is 1. The van der Waals surface area contributed by atoms with Gasteiger partial charge in [0.1, 0.15) is 5.75 Å². The number of hydrogen-bond donors (Lipinski definition) is 0. The van der Waals surface area contributed by atoms with Crippen LogP contribution in [0.1, 0.15) is 30.9 Å². The first-order chi connectivity index (χ1) is 14.6. The Hall–Kier alpha value is -2.09. The maximum absolute atomic E-state index is 13.0. The standard InChI is InChI=1S/C23H29ClN2O4S/c1-5-30-22-9-8-20(15-21(22)24)31(28,29)26-12-10-18(11-13-26)23(27)25(4)19-7-6-16(2)17(3)14-19/h6-9,14-15,18H,5,10-13H2,1-4H3. The highest BCUT2D eigenvalue weighted by Crippen LogP contribution is 2.31. The van der Waals surface area contributed by atoms with Crippen LogP contribution < -0.4 is 9.64 Å². The van der Waals surface area contributed by atoms with E-state index in [0.29, 0.717) is 38.3 Å². The maximum atomic E-state index is 13.0. The number of halogens is 1. The summed E-state index contributed by atoms with van der Waals surface area (Å²) in [5.41, 5.74) is 3.16. The second-order valence-corrected chi connectivity index (χ2v) is 10.2. The van der Waals surface area contributed by atoms with Crippen LogP contribution in [0.15, 0.2) is 41.3 Å². The van der Waals surface area contributed by atoms with E-state index in [2.05, 4.69) is 0 Å². The number of aryl methyl sites for hydroxylation is 2. The van der Waals surface area contributed by atoms with Crippen LogP contribution in [0.5, 0.6) is 5.75 Å². The summed E-state index contributed by atoms with van der Waals surface area (Å²) in [6, 6.07) is 10.5. The van der Waals surface area contributed by atoms with Crippen LogP contribution in [0.25, 0.3) is 0 Å². The fourth-order valence-electron chi connectivity index (χ4n) is 3.74. The lowest BCUT2D eigenvalue weighted by molar-refractivity contribution is -0.123. The normalized spacial score (nSPS) is 15.6. The van der Waals surface area contributed by atoms with Gasteiger partial charge in [0.15, 0.2) is 0 Å². The van der Waals surface area contributed by atoms with Crippen LogP contribution in [0.4, 0.5) is 5.69 Å². The van der Waals surface area contributed by atoms with Gasteiger partial charge in [-0.3, -0.25) is 4.79 Å². The monoisotopic (exact) mass is 464 g/mol. The zero-order valence-electron chi connectivity index (χ0n) is 18.4. The first kappa shape index (κ1) is 23.6. The lowest BCUT2D eigenvalue weighted by atomic mass is 9.96. The van der Waals surface area contributed by atoms with Crippen molar-refractivity contribution >= 4 is 33.2 Å². The molecule has 0 aliphatic carbocycles. The second-order valence-electron chi connectivity index (χ2n) is 7.87. The molecule has 0 bridgehead atoms. The van der Waals surface area contributed by atoms with Gasteiger partial charge in [0.05, 0.1) is 16.5 Å². The molecule has 0 aromatic heterocycles. The molecule has 1 amide bonds. The van der Waals surface area contributed by atoms with Crippen molar-refractivity contribution in [2.24, 2.45) is 5.92 Å². The Balaban J connectivity index is 1.67. The Morgan fingerprint density at radius 3 is 2.39 bits per heavy atom. The number of hydrogen-bond acceptors (Lipinski definition) is 4. The van der Waals surface area contributed by atoms with Crippen LogP contribution in [-0.2, 0) is 14.8 Å². The van der Waals surface area contributed by atoms with Crippen LogP contribution in [0, 0.1) is 19.8 Å². The molecule has 0 saturated carbocycles. The second kappa shape index (κ2) is 9.59. The fourth-order valence-corrected chi connectivity index (χ4v) is 5.54. The van der Waals surface area contributed by atoms with Gasteiger partial charge in [-0.1, -0.05) is 17.7 Å². The topological polar surface area (TPSA) is 66.9 Å². The molecular formula is C23H29ClN2O4S. The van der Waals surface area contributed by atoms with Gasteiger partial charge in [0, 0.05) is 31.7 Å². The van der Waals surface area contributed by atoms with E-state index in [1.807, 2.05) is 39.0 Å². The summed E-state index contributed by atoms with van der Waals surface area (Å²) in [7, 11) is -1.90. The van der Waals surface area contributed by atoms with Gasteiger partial charge in [-0.25, -0.2) is 8.42 Å². The summed E-state index contributed by atoms with van der Waals surface area (Å²) in [6.07, 6.45) is 0.968. The van der Waals surface area contributed by atoms with Crippen molar-refractivity contribution in [3.8, 4) is 5.75 Å². The zero-order valence-corrected chi connectivity index (χ0v) is 20.0. The number of amides is 1. The van der Waals surface area contributed by atoms with Crippen molar-refractivity contribution in [2.45, 2.75) is 38.5 Å². The average Bonchev–Trinajstić information content (AvgIpc) is 2.76. The van der Waals surface area contributed by atoms with Crippen molar-refractivity contribution in [1.29, 1.82) is 0 Å². The fraction of sp³-hybridized carbons (Fsp3) is 0.435. The minimum Gasteiger partial charge on any atom is -0.492 e. The Morgan fingerprint density at radius 2 is 1.81 bits per heavy atom.